The van der Waals surface area contributed by atoms with Gasteiger partial charge in [-0.15, -0.1) is 0 Å². The van der Waals surface area contributed by atoms with Gasteiger partial charge in [0.2, 0.25) is 5.91 Å². The van der Waals surface area contributed by atoms with Crippen molar-refractivity contribution in [3.8, 4) is 0 Å². The van der Waals surface area contributed by atoms with Gasteiger partial charge in [0.25, 0.3) is 0 Å². The van der Waals surface area contributed by atoms with Crippen LogP contribution in [0.4, 0.5) is 0 Å². The van der Waals surface area contributed by atoms with Crippen molar-refractivity contribution in [3.05, 3.63) is 0 Å². The first-order valence-corrected chi connectivity index (χ1v) is 7.14. The molecule has 2 saturated carbocycles. The summed E-state index contributed by atoms with van der Waals surface area (Å²) < 4.78 is 0. The van der Waals surface area contributed by atoms with Crippen molar-refractivity contribution in [2.75, 3.05) is 13.1 Å². The fourth-order valence-electron chi connectivity index (χ4n) is 3.85. The molecule has 4 nitrogen and oxygen atoms in total. The second-order valence-electron chi connectivity index (χ2n) is 6.31. The van der Waals surface area contributed by atoms with Gasteiger partial charge in [0.05, 0.1) is 0 Å². The number of likely N-dealkylation sites (tertiary alicyclic amines) is 1. The lowest BCUT2D eigenvalue weighted by Gasteiger charge is -2.34. The molecule has 2 aliphatic carbocycles. The minimum absolute atomic E-state index is 0.163. The smallest absolute Gasteiger partial charge is 0.303 e. The molecule has 0 spiro atoms. The van der Waals surface area contributed by atoms with E-state index in [2.05, 4.69) is 0 Å². The summed E-state index contributed by atoms with van der Waals surface area (Å²) in [4.78, 5) is 25.1. The second-order valence-corrected chi connectivity index (χ2v) is 6.31. The highest BCUT2D eigenvalue weighted by Gasteiger charge is 2.49. The van der Waals surface area contributed by atoms with E-state index in [4.69, 9.17) is 5.11 Å². The molecular formula is C14H21NO3. The summed E-state index contributed by atoms with van der Waals surface area (Å²) in [6, 6.07) is 0. The van der Waals surface area contributed by atoms with Crippen LogP contribution in [0, 0.1) is 23.7 Å². The van der Waals surface area contributed by atoms with E-state index in [1.807, 2.05) is 4.90 Å². The zero-order valence-corrected chi connectivity index (χ0v) is 10.7. The maximum atomic E-state index is 12.4. The van der Waals surface area contributed by atoms with Crippen molar-refractivity contribution in [2.45, 2.75) is 38.5 Å². The van der Waals surface area contributed by atoms with Crippen LogP contribution in [0.2, 0.25) is 0 Å². The highest BCUT2D eigenvalue weighted by atomic mass is 16.4. The molecule has 4 heteroatoms. The van der Waals surface area contributed by atoms with Crippen molar-refractivity contribution in [2.24, 2.45) is 23.7 Å². The standard InChI is InChI=1S/C14H21NO3/c16-13(17)4-9-2-1-3-15(8-9)14(18)12-6-10-5-11(10)7-12/h9-12H,1-8H2,(H,16,17). The molecule has 1 amide bonds. The number of carboxylic acid groups (broad SMARTS) is 1. The van der Waals surface area contributed by atoms with Crippen LogP contribution in [0.15, 0.2) is 0 Å². The molecule has 3 unspecified atom stereocenters. The molecule has 0 aromatic carbocycles. The van der Waals surface area contributed by atoms with Crippen LogP contribution in [-0.4, -0.2) is 35.0 Å². The fourth-order valence-corrected chi connectivity index (χ4v) is 3.85. The number of hydrogen-bond acceptors (Lipinski definition) is 2. The zero-order valence-electron chi connectivity index (χ0n) is 10.7. The number of piperidine rings is 1. The average molecular weight is 251 g/mol. The molecule has 0 aromatic rings. The van der Waals surface area contributed by atoms with Gasteiger partial charge in [-0.1, -0.05) is 0 Å². The molecule has 3 fully saturated rings. The highest BCUT2D eigenvalue weighted by molar-refractivity contribution is 5.79. The van der Waals surface area contributed by atoms with E-state index in [1.54, 1.807) is 0 Å². The van der Waals surface area contributed by atoms with Gasteiger partial charge >= 0.3 is 5.97 Å². The lowest BCUT2D eigenvalue weighted by Crippen LogP contribution is -2.43. The lowest BCUT2D eigenvalue weighted by molar-refractivity contribution is -0.142. The summed E-state index contributed by atoms with van der Waals surface area (Å²) >= 11 is 0. The number of aliphatic carboxylic acids is 1. The van der Waals surface area contributed by atoms with Gasteiger partial charge in [0.1, 0.15) is 0 Å². The molecule has 0 radical (unpaired) electrons. The van der Waals surface area contributed by atoms with Crippen LogP contribution >= 0.6 is 0 Å². The maximum absolute atomic E-state index is 12.4. The third-order valence-electron chi connectivity index (χ3n) is 4.89. The molecule has 1 aliphatic heterocycles. The number of fused-ring (bicyclic) bond motifs is 1. The molecule has 3 aliphatic rings. The SMILES string of the molecule is O=C(O)CC1CCCN(C(=O)C2CC3CC3C2)C1. The summed E-state index contributed by atoms with van der Waals surface area (Å²) in [6.07, 6.45) is 5.63. The number of rotatable bonds is 3. The maximum Gasteiger partial charge on any atom is 0.303 e. The Balaban J connectivity index is 1.54. The van der Waals surface area contributed by atoms with E-state index >= 15 is 0 Å². The number of amides is 1. The predicted molar refractivity (Wildman–Crippen MR) is 65.9 cm³/mol. The summed E-state index contributed by atoms with van der Waals surface area (Å²) in [5.41, 5.74) is 0. The van der Waals surface area contributed by atoms with E-state index in [9.17, 15) is 9.59 Å². The van der Waals surface area contributed by atoms with Crippen LogP contribution in [0.25, 0.3) is 0 Å². The fraction of sp³-hybridized carbons (Fsp3) is 0.857. The highest BCUT2D eigenvalue weighted by Crippen LogP contribution is 2.54. The molecule has 0 bridgehead atoms. The summed E-state index contributed by atoms with van der Waals surface area (Å²) in [6.45, 7) is 1.50. The quantitative estimate of drug-likeness (QED) is 0.831. The molecule has 3 atom stereocenters. The first kappa shape index (κ1) is 12.0. The summed E-state index contributed by atoms with van der Waals surface area (Å²) in [5, 5.41) is 8.84. The Morgan fingerprint density at radius 3 is 2.56 bits per heavy atom. The minimum Gasteiger partial charge on any atom is -0.481 e. The van der Waals surface area contributed by atoms with E-state index < -0.39 is 5.97 Å². The van der Waals surface area contributed by atoms with Gasteiger partial charge in [0.15, 0.2) is 0 Å². The summed E-state index contributed by atoms with van der Waals surface area (Å²) in [5.74, 6) is 1.64. The summed E-state index contributed by atoms with van der Waals surface area (Å²) in [7, 11) is 0. The molecule has 3 rings (SSSR count). The van der Waals surface area contributed by atoms with Crippen molar-refractivity contribution in [1.82, 2.24) is 4.90 Å². The number of carboxylic acids is 1. The number of nitrogens with zero attached hydrogens (tertiary/aromatic N) is 1. The molecule has 1 N–H and O–H groups in total. The molecule has 1 saturated heterocycles. The van der Waals surface area contributed by atoms with Gasteiger partial charge in [-0.3, -0.25) is 9.59 Å². The van der Waals surface area contributed by atoms with Crippen LogP contribution in [0.1, 0.15) is 38.5 Å². The van der Waals surface area contributed by atoms with E-state index in [0.29, 0.717) is 12.5 Å². The predicted octanol–water partition coefficient (Wildman–Crippen LogP) is 1.75. The van der Waals surface area contributed by atoms with Crippen molar-refractivity contribution in [1.29, 1.82) is 0 Å². The Bertz CT molecular complexity index is 358. The van der Waals surface area contributed by atoms with E-state index in [1.165, 1.54) is 6.42 Å². The number of hydrogen-bond donors (Lipinski definition) is 1. The normalized spacial score (nSPS) is 38.3. The van der Waals surface area contributed by atoms with Gasteiger partial charge in [-0.05, 0) is 49.9 Å². The van der Waals surface area contributed by atoms with Crippen LogP contribution in [0.3, 0.4) is 0 Å². The second kappa shape index (κ2) is 4.56. The van der Waals surface area contributed by atoms with Crippen molar-refractivity contribution >= 4 is 11.9 Å². The lowest BCUT2D eigenvalue weighted by atomic mass is 9.93. The van der Waals surface area contributed by atoms with Gasteiger partial charge in [-0.2, -0.15) is 0 Å². The molecule has 18 heavy (non-hydrogen) atoms. The topological polar surface area (TPSA) is 57.6 Å². The number of carbonyl (C=O) groups excluding carboxylic acids is 1. The number of carbonyl (C=O) groups is 2. The van der Waals surface area contributed by atoms with E-state index in [0.717, 1.165) is 44.1 Å². The van der Waals surface area contributed by atoms with Gasteiger partial charge in [0, 0.05) is 25.4 Å². The molecule has 0 aromatic heterocycles. The third-order valence-corrected chi connectivity index (χ3v) is 4.89. The van der Waals surface area contributed by atoms with Crippen LogP contribution in [0.5, 0.6) is 0 Å². The monoisotopic (exact) mass is 251 g/mol. The van der Waals surface area contributed by atoms with Gasteiger partial charge < -0.3 is 10.0 Å². The van der Waals surface area contributed by atoms with Crippen LogP contribution in [-0.2, 0) is 9.59 Å². The van der Waals surface area contributed by atoms with Crippen molar-refractivity contribution < 1.29 is 14.7 Å². The first-order chi connectivity index (χ1) is 8.63. The molecular weight excluding hydrogens is 230 g/mol. The van der Waals surface area contributed by atoms with Gasteiger partial charge in [-0.25, -0.2) is 0 Å². The molecule has 1 heterocycles. The Morgan fingerprint density at radius 2 is 1.89 bits per heavy atom. The molecule has 100 valence electrons. The zero-order chi connectivity index (χ0) is 12.7. The Hall–Kier alpha value is -1.06. The Morgan fingerprint density at radius 1 is 1.17 bits per heavy atom. The Kier molecular flexibility index (Phi) is 3.04. The first-order valence-electron chi connectivity index (χ1n) is 7.14. The van der Waals surface area contributed by atoms with E-state index in [-0.39, 0.29) is 18.3 Å². The van der Waals surface area contributed by atoms with Crippen LogP contribution < -0.4 is 0 Å². The third kappa shape index (κ3) is 2.38. The van der Waals surface area contributed by atoms with Crippen molar-refractivity contribution in [3.63, 3.8) is 0 Å². The average Bonchev–Trinajstić information content (AvgIpc) is 2.95. The Labute approximate surface area is 107 Å². The minimum atomic E-state index is -0.739. The largest absolute Gasteiger partial charge is 0.481 e.